The predicted octanol–water partition coefficient (Wildman–Crippen LogP) is 1.87. The number of carbonyl (C=O) groups excluding carboxylic acids is 1. The summed E-state index contributed by atoms with van der Waals surface area (Å²) in [7, 11) is 6.00. The molecule has 1 rings (SSSR count). The van der Waals surface area contributed by atoms with Crippen molar-refractivity contribution in [2.24, 2.45) is 0 Å². The lowest BCUT2D eigenvalue weighted by atomic mass is 10.1. The summed E-state index contributed by atoms with van der Waals surface area (Å²) in [5.74, 6) is -0.0539. The topological polar surface area (TPSA) is 60.2 Å². The lowest BCUT2D eigenvalue weighted by Gasteiger charge is -2.23. The normalized spacial score (nSPS) is 11.2. The monoisotopic (exact) mass is 237 g/mol. The minimum Gasteiger partial charge on any atom is -0.331 e. The number of ketones is 1. The fourth-order valence-corrected chi connectivity index (χ4v) is 1.37. The molecule has 0 aromatic heterocycles. The second-order valence-corrected chi connectivity index (χ2v) is 4.99. The van der Waals surface area contributed by atoms with Crippen molar-refractivity contribution in [1.82, 2.24) is 0 Å². The Bertz CT molecular complexity index is 436. The molecule has 5 nitrogen and oxygen atoms in total. The summed E-state index contributed by atoms with van der Waals surface area (Å²) >= 11 is 0. The van der Waals surface area contributed by atoms with Crippen molar-refractivity contribution in [1.29, 1.82) is 0 Å². The van der Waals surface area contributed by atoms with Gasteiger partial charge in [0.05, 0.1) is 39.0 Å². The molecule has 0 aliphatic heterocycles. The van der Waals surface area contributed by atoms with Crippen LogP contribution in [-0.4, -0.2) is 42.9 Å². The Hall–Kier alpha value is -1.75. The quantitative estimate of drug-likeness (QED) is 0.340. The van der Waals surface area contributed by atoms with Gasteiger partial charge in [-0.1, -0.05) is 12.1 Å². The van der Waals surface area contributed by atoms with Gasteiger partial charge in [0.1, 0.15) is 0 Å². The summed E-state index contributed by atoms with van der Waals surface area (Å²) in [6.07, 6.45) is 0.394. The number of hydrogen-bond donors (Lipinski definition) is 0. The fraction of sp³-hybridized carbons (Fsp3) is 0.417. The number of non-ortho nitro benzene ring substituents is 1. The van der Waals surface area contributed by atoms with E-state index in [0.29, 0.717) is 23.0 Å². The SMILES string of the molecule is C[N+](C)(C)CCC(=O)c1cccc([N+](=O)[O-])c1. The van der Waals surface area contributed by atoms with Gasteiger partial charge >= 0.3 is 0 Å². The summed E-state index contributed by atoms with van der Waals surface area (Å²) in [4.78, 5) is 21.9. The Morgan fingerprint density at radius 2 is 2.00 bits per heavy atom. The first-order valence-corrected chi connectivity index (χ1v) is 5.38. The van der Waals surface area contributed by atoms with Gasteiger partial charge in [-0.2, -0.15) is 0 Å². The Kier molecular flexibility index (Phi) is 3.96. The van der Waals surface area contributed by atoms with Crippen molar-refractivity contribution >= 4 is 11.5 Å². The lowest BCUT2D eigenvalue weighted by Crippen LogP contribution is -2.36. The van der Waals surface area contributed by atoms with Crippen molar-refractivity contribution in [3.63, 3.8) is 0 Å². The van der Waals surface area contributed by atoms with E-state index in [2.05, 4.69) is 0 Å². The Balaban J connectivity index is 2.76. The molecule has 1 aromatic rings. The van der Waals surface area contributed by atoms with Crippen LogP contribution in [0.25, 0.3) is 0 Å². The number of rotatable bonds is 5. The number of nitro benzene ring substituents is 1. The molecule has 5 heteroatoms. The number of Topliss-reactive ketones (excluding diaryl/α,β-unsaturated/α-hetero) is 1. The van der Waals surface area contributed by atoms with E-state index in [0.717, 1.165) is 0 Å². The van der Waals surface area contributed by atoms with E-state index in [4.69, 9.17) is 0 Å². The highest BCUT2D eigenvalue weighted by Gasteiger charge is 2.15. The third-order valence-corrected chi connectivity index (χ3v) is 2.39. The maximum atomic E-state index is 11.8. The zero-order valence-electron chi connectivity index (χ0n) is 10.3. The van der Waals surface area contributed by atoms with Crippen LogP contribution < -0.4 is 0 Å². The van der Waals surface area contributed by atoms with E-state index >= 15 is 0 Å². The third-order valence-electron chi connectivity index (χ3n) is 2.39. The average Bonchev–Trinajstić information content (AvgIpc) is 2.25. The molecule has 0 bridgehead atoms. The van der Waals surface area contributed by atoms with E-state index in [1.165, 1.54) is 18.2 Å². The average molecular weight is 237 g/mol. The number of benzene rings is 1. The lowest BCUT2D eigenvalue weighted by molar-refractivity contribution is -0.869. The van der Waals surface area contributed by atoms with Gasteiger partial charge in [0, 0.05) is 17.7 Å². The zero-order chi connectivity index (χ0) is 13.1. The summed E-state index contributed by atoms with van der Waals surface area (Å²) in [6, 6.07) is 5.87. The highest BCUT2D eigenvalue weighted by atomic mass is 16.6. The largest absolute Gasteiger partial charge is 0.331 e. The second-order valence-electron chi connectivity index (χ2n) is 4.99. The standard InChI is InChI=1S/C12H17N2O3/c1-14(2,3)8-7-12(15)10-5-4-6-11(9-10)13(16)17/h4-6,9H,7-8H2,1-3H3/q+1. The van der Waals surface area contributed by atoms with Gasteiger partial charge in [0.25, 0.3) is 5.69 Å². The number of nitro groups is 1. The molecule has 0 spiro atoms. The van der Waals surface area contributed by atoms with Gasteiger partial charge in [-0.3, -0.25) is 14.9 Å². The molecule has 92 valence electrons. The molecule has 0 aliphatic rings. The van der Waals surface area contributed by atoms with Crippen LogP contribution in [0.5, 0.6) is 0 Å². The molecular formula is C12H17N2O3+. The first-order valence-electron chi connectivity index (χ1n) is 5.38. The van der Waals surface area contributed by atoms with E-state index in [-0.39, 0.29) is 11.5 Å². The van der Waals surface area contributed by atoms with E-state index in [1.807, 2.05) is 21.1 Å². The van der Waals surface area contributed by atoms with Gasteiger partial charge < -0.3 is 4.48 Å². The second kappa shape index (κ2) is 5.05. The molecule has 0 N–H and O–H groups in total. The molecular weight excluding hydrogens is 220 g/mol. The predicted molar refractivity (Wildman–Crippen MR) is 64.9 cm³/mol. The first-order chi connectivity index (χ1) is 7.79. The zero-order valence-corrected chi connectivity index (χ0v) is 10.3. The molecule has 0 radical (unpaired) electrons. The van der Waals surface area contributed by atoms with Crippen molar-refractivity contribution in [3.05, 3.63) is 39.9 Å². The Labute approximate surface area is 100 Å². The molecule has 17 heavy (non-hydrogen) atoms. The molecule has 0 saturated heterocycles. The first kappa shape index (κ1) is 13.3. The molecule has 0 fully saturated rings. The van der Waals surface area contributed by atoms with Gasteiger partial charge in [0.15, 0.2) is 5.78 Å². The van der Waals surface area contributed by atoms with Gasteiger partial charge in [-0.25, -0.2) is 0 Å². The molecule has 1 aromatic carbocycles. The van der Waals surface area contributed by atoms with Crippen LogP contribution >= 0.6 is 0 Å². The van der Waals surface area contributed by atoms with Gasteiger partial charge in [-0.05, 0) is 0 Å². The molecule has 0 aliphatic carbocycles. The van der Waals surface area contributed by atoms with Gasteiger partial charge in [0.2, 0.25) is 0 Å². The minimum absolute atomic E-state index is 0.0406. The van der Waals surface area contributed by atoms with E-state index in [9.17, 15) is 14.9 Å². The van der Waals surface area contributed by atoms with E-state index < -0.39 is 4.92 Å². The number of carbonyl (C=O) groups is 1. The molecule has 0 atom stereocenters. The molecule has 0 heterocycles. The summed E-state index contributed by atoms with van der Waals surface area (Å²) in [5, 5.41) is 10.6. The number of hydrogen-bond acceptors (Lipinski definition) is 3. The molecule has 0 unspecified atom stereocenters. The highest BCUT2D eigenvalue weighted by Crippen LogP contribution is 2.14. The highest BCUT2D eigenvalue weighted by molar-refractivity contribution is 5.96. The van der Waals surface area contributed by atoms with Gasteiger partial charge in [-0.15, -0.1) is 0 Å². The third kappa shape index (κ3) is 4.32. The van der Waals surface area contributed by atoms with Crippen LogP contribution in [0.2, 0.25) is 0 Å². The van der Waals surface area contributed by atoms with Crippen LogP contribution in [0, 0.1) is 10.1 Å². The number of quaternary nitrogens is 1. The van der Waals surface area contributed by atoms with Crippen LogP contribution in [0.15, 0.2) is 24.3 Å². The van der Waals surface area contributed by atoms with Crippen molar-refractivity contribution in [3.8, 4) is 0 Å². The maximum Gasteiger partial charge on any atom is 0.270 e. The number of nitrogens with zero attached hydrogens (tertiary/aromatic N) is 2. The van der Waals surface area contributed by atoms with Crippen LogP contribution in [-0.2, 0) is 0 Å². The van der Waals surface area contributed by atoms with Crippen molar-refractivity contribution < 1.29 is 14.2 Å². The summed E-state index contributed by atoms with van der Waals surface area (Å²) in [5.41, 5.74) is 0.369. The maximum absolute atomic E-state index is 11.8. The summed E-state index contributed by atoms with van der Waals surface area (Å²) in [6.45, 7) is 0.710. The summed E-state index contributed by atoms with van der Waals surface area (Å²) < 4.78 is 0.695. The van der Waals surface area contributed by atoms with Crippen LogP contribution in [0.3, 0.4) is 0 Å². The van der Waals surface area contributed by atoms with Crippen LogP contribution in [0.1, 0.15) is 16.8 Å². The molecule has 0 saturated carbocycles. The Morgan fingerprint density at radius 3 is 2.53 bits per heavy atom. The fourth-order valence-electron chi connectivity index (χ4n) is 1.37. The van der Waals surface area contributed by atoms with Crippen LogP contribution in [0.4, 0.5) is 5.69 Å². The van der Waals surface area contributed by atoms with E-state index in [1.54, 1.807) is 6.07 Å². The minimum atomic E-state index is -0.489. The van der Waals surface area contributed by atoms with Crippen molar-refractivity contribution in [2.45, 2.75) is 6.42 Å². The smallest absolute Gasteiger partial charge is 0.270 e. The molecule has 0 amide bonds. The Morgan fingerprint density at radius 1 is 1.35 bits per heavy atom. The van der Waals surface area contributed by atoms with Crippen molar-refractivity contribution in [2.75, 3.05) is 27.7 Å².